The van der Waals surface area contributed by atoms with E-state index in [1.165, 1.54) is 24.3 Å². The van der Waals surface area contributed by atoms with Crippen LogP contribution >= 0.6 is 15.8 Å². The maximum absolute atomic E-state index is 15.0. The third-order valence-electron chi connectivity index (χ3n) is 7.48. The van der Waals surface area contributed by atoms with Crippen molar-refractivity contribution in [1.82, 2.24) is 0 Å². The molecular formula is C38H26F6P2. The summed E-state index contributed by atoms with van der Waals surface area (Å²) in [4.78, 5) is 0. The molecule has 8 heteroatoms. The van der Waals surface area contributed by atoms with E-state index < -0.39 is 39.3 Å². The molecule has 0 aliphatic carbocycles. The molecule has 0 aromatic heterocycles. The van der Waals surface area contributed by atoms with Crippen molar-refractivity contribution in [2.45, 2.75) is 12.4 Å². The summed E-state index contributed by atoms with van der Waals surface area (Å²) in [5.74, 6) is 0. The Morgan fingerprint density at radius 2 is 0.565 bits per heavy atom. The molecule has 0 N–H and O–H groups in total. The van der Waals surface area contributed by atoms with Gasteiger partial charge >= 0.3 is 12.4 Å². The second-order valence-electron chi connectivity index (χ2n) is 10.4. The molecule has 0 aliphatic rings. The molecular weight excluding hydrogens is 632 g/mol. The van der Waals surface area contributed by atoms with E-state index in [2.05, 4.69) is 0 Å². The van der Waals surface area contributed by atoms with E-state index in [4.69, 9.17) is 0 Å². The van der Waals surface area contributed by atoms with Gasteiger partial charge in [0, 0.05) is 10.6 Å². The van der Waals surface area contributed by atoms with Crippen molar-refractivity contribution in [1.29, 1.82) is 0 Å². The number of hydrogen-bond donors (Lipinski definition) is 0. The van der Waals surface area contributed by atoms with E-state index >= 15 is 26.3 Å². The van der Waals surface area contributed by atoms with Crippen LogP contribution in [0.3, 0.4) is 0 Å². The van der Waals surface area contributed by atoms with Gasteiger partial charge in [-0.15, -0.1) is 0 Å². The summed E-state index contributed by atoms with van der Waals surface area (Å²) < 4.78 is 90.2. The van der Waals surface area contributed by atoms with Crippen LogP contribution in [-0.2, 0) is 12.4 Å². The highest BCUT2D eigenvalue weighted by Crippen LogP contribution is 2.47. The summed E-state index contributed by atoms with van der Waals surface area (Å²) in [5, 5.41) is 2.57. The highest BCUT2D eigenvalue weighted by atomic mass is 31.1. The summed E-state index contributed by atoms with van der Waals surface area (Å²) in [5.41, 5.74) is -1.46. The smallest absolute Gasteiger partial charge is 0.166 e. The van der Waals surface area contributed by atoms with Gasteiger partial charge in [-0.2, -0.15) is 26.3 Å². The molecule has 6 rings (SSSR count). The van der Waals surface area contributed by atoms with Crippen LogP contribution in [0.15, 0.2) is 158 Å². The van der Waals surface area contributed by atoms with Gasteiger partial charge in [0.1, 0.15) is 0 Å². The third-order valence-corrected chi connectivity index (χ3v) is 12.6. The number of halogens is 6. The SMILES string of the molecule is FC(F)(F)c1cccc(-c2cccc(C(F)(F)F)c2P(c2ccccc2)c2ccccc2)c1P(c1ccccc1)c1ccccc1. The molecule has 0 saturated carbocycles. The van der Waals surface area contributed by atoms with Gasteiger partial charge in [0.2, 0.25) is 0 Å². The maximum Gasteiger partial charge on any atom is 0.417 e. The van der Waals surface area contributed by atoms with Crippen LogP contribution in [0.5, 0.6) is 0 Å². The van der Waals surface area contributed by atoms with Crippen molar-refractivity contribution in [3.8, 4) is 11.1 Å². The van der Waals surface area contributed by atoms with Gasteiger partial charge in [0.25, 0.3) is 0 Å². The molecule has 0 atom stereocenters. The summed E-state index contributed by atoms with van der Waals surface area (Å²) in [6.07, 6.45) is -9.53. The lowest BCUT2D eigenvalue weighted by atomic mass is 10.00. The quantitative estimate of drug-likeness (QED) is 0.119. The van der Waals surface area contributed by atoms with Gasteiger partial charge in [-0.25, -0.2) is 0 Å². The van der Waals surface area contributed by atoms with E-state index in [0.29, 0.717) is 21.2 Å². The Morgan fingerprint density at radius 1 is 0.304 bits per heavy atom. The van der Waals surface area contributed by atoms with Gasteiger partial charge in [-0.05, 0) is 60.3 Å². The minimum atomic E-state index is -4.76. The van der Waals surface area contributed by atoms with Crippen LogP contribution in [0, 0.1) is 0 Å². The highest BCUT2D eigenvalue weighted by molar-refractivity contribution is 7.81. The highest BCUT2D eigenvalue weighted by Gasteiger charge is 2.41. The van der Waals surface area contributed by atoms with Crippen molar-refractivity contribution in [3.63, 3.8) is 0 Å². The summed E-state index contributed by atoms with van der Waals surface area (Å²) in [6.45, 7) is 0. The molecule has 6 aromatic carbocycles. The first-order chi connectivity index (χ1) is 22.1. The predicted octanol–water partition coefficient (Wildman–Crippen LogP) is 8.91. The molecule has 0 radical (unpaired) electrons. The van der Waals surface area contributed by atoms with Crippen LogP contribution in [0.25, 0.3) is 11.1 Å². The molecule has 0 spiro atoms. The molecule has 0 unspecified atom stereocenters. The average Bonchev–Trinajstić information content (AvgIpc) is 3.06. The fourth-order valence-electron chi connectivity index (χ4n) is 5.58. The topological polar surface area (TPSA) is 0 Å². The summed E-state index contributed by atoms with van der Waals surface area (Å²) >= 11 is 0. The van der Waals surface area contributed by atoms with Gasteiger partial charge in [-0.1, -0.05) is 146 Å². The first-order valence-corrected chi connectivity index (χ1v) is 17.0. The molecule has 0 nitrogen and oxygen atoms in total. The second kappa shape index (κ2) is 13.2. The van der Waals surface area contributed by atoms with Gasteiger partial charge < -0.3 is 0 Å². The van der Waals surface area contributed by atoms with Gasteiger partial charge in [0.05, 0.1) is 11.1 Å². The van der Waals surface area contributed by atoms with Crippen LogP contribution in [0.1, 0.15) is 11.1 Å². The Kier molecular flexibility index (Phi) is 9.13. The Balaban J connectivity index is 1.76. The minimum Gasteiger partial charge on any atom is -0.166 e. The van der Waals surface area contributed by atoms with Crippen molar-refractivity contribution < 1.29 is 26.3 Å². The van der Waals surface area contributed by atoms with E-state index in [-0.39, 0.29) is 21.7 Å². The Hall–Kier alpha value is -4.24. The first-order valence-electron chi connectivity index (χ1n) is 14.4. The molecule has 0 bridgehead atoms. The maximum atomic E-state index is 15.0. The van der Waals surface area contributed by atoms with E-state index in [0.717, 1.165) is 12.1 Å². The molecule has 46 heavy (non-hydrogen) atoms. The molecule has 0 saturated heterocycles. The Morgan fingerprint density at radius 3 is 0.804 bits per heavy atom. The molecule has 0 fully saturated rings. The van der Waals surface area contributed by atoms with Crippen LogP contribution in [0.4, 0.5) is 26.3 Å². The summed E-state index contributed by atoms with van der Waals surface area (Å²) in [6, 6.07) is 43.3. The molecule has 0 amide bonds. The number of rotatable bonds is 7. The fraction of sp³-hybridized carbons (Fsp3) is 0.0526. The summed E-state index contributed by atoms with van der Waals surface area (Å²) in [7, 11) is -3.69. The van der Waals surface area contributed by atoms with Crippen molar-refractivity contribution in [2.24, 2.45) is 0 Å². The normalized spacial score (nSPS) is 12.1. The van der Waals surface area contributed by atoms with Gasteiger partial charge in [-0.3, -0.25) is 0 Å². The van der Waals surface area contributed by atoms with E-state index in [1.54, 1.807) is 121 Å². The standard InChI is InChI=1S/C38H26F6P2/c39-37(40,41)33-25-13-23-31(35(33)45(27-15-5-1-6-16-27)28-17-7-2-8-18-28)32-24-14-26-34(38(42,43)44)36(32)46(29-19-9-3-10-20-29)30-21-11-4-12-22-30/h1-26H. The number of hydrogen-bond acceptors (Lipinski definition) is 0. The van der Waals surface area contributed by atoms with Crippen LogP contribution in [0.2, 0.25) is 0 Å². The molecule has 0 heterocycles. The Labute approximate surface area is 265 Å². The van der Waals surface area contributed by atoms with Crippen molar-refractivity contribution in [2.75, 3.05) is 0 Å². The zero-order valence-electron chi connectivity index (χ0n) is 24.2. The van der Waals surface area contributed by atoms with Crippen molar-refractivity contribution in [3.05, 3.63) is 169 Å². The second-order valence-corrected chi connectivity index (χ2v) is 14.7. The zero-order chi connectivity index (χ0) is 32.3. The van der Waals surface area contributed by atoms with E-state index in [1.807, 2.05) is 0 Å². The predicted molar refractivity (Wildman–Crippen MR) is 179 cm³/mol. The molecule has 0 aliphatic heterocycles. The minimum absolute atomic E-state index is 0.0287. The van der Waals surface area contributed by atoms with Crippen LogP contribution < -0.4 is 31.8 Å². The fourth-order valence-corrected chi connectivity index (χ4v) is 10.9. The molecule has 6 aromatic rings. The average molecular weight is 659 g/mol. The lowest BCUT2D eigenvalue weighted by Gasteiger charge is -2.30. The first kappa shape index (κ1) is 31.7. The zero-order valence-corrected chi connectivity index (χ0v) is 26.0. The van der Waals surface area contributed by atoms with Crippen LogP contribution in [-0.4, -0.2) is 0 Å². The Bertz CT molecular complexity index is 1690. The van der Waals surface area contributed by atoms with Crippen molar-refractivity contribution >= 4 is 47.7 Å². The number of alkyl halides is 6. The largest absolute Gasteiger partial charge is 0.417 e. The number of benzene rings is 6. The van der Waals surface area contributed by atoms with E-state index in [9.17, 15) is 0 Å². The molecule has 230 valence electrons. The third kappa shape index (κ3) is 6.51. The lowest BCUT2D eigenvalue weighted by molar-refractivity contribution is -0.137. The van der Waals surface area contributed by atoms with Gasteiger partial charge in [0.15, 0.2) is 0 Å². The monoisotopic (exact) mass is 658 g/mol. The lowest BCUT2D eigenvalue weighted by Crippen LogP contribution is -2.32.